The van der Waals surface area contributed by atoms with Gasteiger partial charge in [-0.15, -0.1) is 0 Å². The van der Waals surface area contributed by atoms with Crippen molar-refractivity contribution in [2.24, 2.45) is 9.98 Å². The highest BCUT2D eigenvalue weighted by atomic mass is 14.9. The summed E-state index contributed by atoms with van der Waals surface area (Å²) in [7, 11) is 0. The Balaban J connectivity index is 1.47. The predicted octanol–water partition coefficient (Wildman–Crippen LogP) is 8.09. The standard InChI is InChI=1S/C33H27N3/c34-24-36-33(30-18-16-29(17-19-30)26-10-4-1-5-11-26)35-23-25-20-31(27-12-6-2-7-13-27)22-32(21-25)28-14-8-3-9-15-28/h1-14,16-24,28,34H,15H2. The van der Waals surface area contributed by atoms with E-state index < -0.39 is 0 Å². The number of allylic oxidation sites excluding steroid dienone is 4. The van der Waals surface area contributed by atoms with Crippen LogP contribution in [0.5, 0.6) is 0 Å². The highest BCUT2D eigenvalue weighted by Crippen LogP contribution is 2.30. The number of rotatable bonds is 6. The molecule has 4 aromatic rings. The first-order valence-electron chi connectivity index (χ1n) is 12.1. The van der Waals surface area contributed by atoms with E-state index >= 15 is 0 Å². The minimum Gasteiger partial charge on any atom is -0.289 e. The van der Waals surface area contributed by atoms with Gasteiger partial charge in [-0.1, -0.05) is 115 Å². The molecule has 0 radical (unpaired) electrons. The minimum absolute atomic E-state index is 0.339. The Morgan fingerprint density at radius 2 is 1.39 bits per heavy atom. The zero-order valence-corrected chi connectivity index (χ0v) is 20.0. The lowest BCUT2D eigenvalue weighted by Crippen LogP contribution is -2.01. The summed E-state index contributed by atoms with van der Waals surface area (Å²) in [6.07, 6.45) is 12.6. The minimum atomic E-state index is 0.339. The van der Waals surface area contributed by atoms with Crippen LogP contribution in [0.4, 0.5) is 0 Å². The molecule has 1 unspecified atom stereocenters. The summed E-state index contributed by atoms with van der Waals surface area (Å²) in [6.45, 7) is 0. The topological polar surface area (TPSA) is 48.6 Å². The van der Waals surface area contributed by atoms with Crippen LogP contribution in [0.3, 0.4) is 0 Å². The molecule has 0 amide bonds. The van der Waals surface area contributed by atoms with Crippen molar-refractivity contribution < 1.29 is 0 Å². The molecule has 0 aromatic heterocycles. The van der Waals surface area contributed by atoms with Crippen LogP contribution in [0.15, 0.2) is 137 Å². The van der Waals surface area contributed by atoms with Gasteiger partial charge >= 0.3 is 0 Å². The number of hydrogen-bond donors (Lipinski definition) is 1. The van der Waals surface area contributed by atoms with E-state index in [1.807, 2.05) is 42.6 Å². The van der Waals surface area contributed by atoms with Crippen LogP contribution < -0.4 is 0 Å². The maximum Gasteiger partial charge on any atom is 0.160 e. The maximum atomic E-state index is 7.56. The monoisotopic (exact) mass is 465 g/mol. The van der Waals surface area contributed by atoms with E-state index in [0.717, 1.165) is 40.6 Å². The van der Waals surface area contributed by atoms with Crippen LogP contribution in [0.2, 0.25) is 0 Å². The van der Waals surface area contributed by atoms with Crippen molar-refractivity contribution in [1.29, 1.82) is 5.41 Å². The van der Waals surface area contributed by atoms with Crippen molar-refractivity contribution >= 4 is 18.4 Å². The lowest BCUT2D eigenvalue weighted by atomic mass is 9.89. The van der Waals surface area contributed by atoms with Crippen molar-refractivity contribution in [2.45, 2.75) is 12.3 Å². The molecule has 0 bridgehead atoms. The molecule has 1 atom stereocenters. The summed E-state index contributed by atoms with van der Waals surface area (Å²) >= 11 is 0. The second-order valence-corrected chi connectivity index (χ2v) is 8.69. The van der Waals surface area contributed by atoms with E-state index in [1.165, 1.54) is 11.1 Å². The van der Waals surface area contributed by atoms with Gasteiger partial charge in [0.1, 0.15) is 6.34 Å². The van der Waals surface area contributed by atoms with Gasteiger partial charge in [0.25, 0.3) is 0 Å². The highest BCUT2D eigenvalue weighted by Gasteiger charge is 2.12. The first kappa shape index (κ1) is 23.1. The second kappa shape index (κ2) is 11.2. The lowest BCUT2D eigenvalue weighted by molar-refractivity contribution is 0.854. The zero-order chi connectivity index (χ0) is 24.6. The van der Waals surface area contributed by atoms with Gasteiger partial charge in [0, 0.05) is 17.7 Å². The van der Waals surface area contributed by atoms with Crippen LogP contribution in [-0.2, 0) is 0 Å². The molecule has 1 N–H and O–H groups in total. The Morgan fingerprint density at radius 1 is 0.722 bits per heavy atom. The largest absolute Gasteiger partial charge is 0.289 e. The van der Waals surface area contributed by atoms with Crippen LogP contribution in [-0.4, -0.2) is 18.4 Å². The average molecular weight is 466 g/mol. The number of nitrogens with one attached hydrogen (secondary N) is 1. The van der Waals surface area contributed by atoms with Gasteiger partial charge in [0.15, 0.2) is 5.84 Å². The second-order valence-electron chi connectivity index (χ2n) is 8.69. The SMILES string of the molecule is N=CN=C(N=Cc1cc(-c2ccccc2)cc(C2C=CC=CC2)c1)c1ccc(-c2ccccc2)cc1. The Kier molecular flexibility index (Phi) is 7.19. The van der Waals surface area contributed by atoms with Crippen LogP contribution >= 0.6 is 0 Å². The summed E-state index contributed by atoms with van der Waals surface area (Å²) in [5.41, 5.74) is 7.77. The molecule has 3 nitrogen and oxygen atoms in total. The molecule has 0 spiro atoms. The van der Waals surface area contributed by atoms with E-state index in [-0.39, 0.29) is 0 Å². The fourth-order valence-corrected chi connectivity index (χ4v) is 4.41. The number of benzene rings is 4. The van der Waals surface area contributed by atoms with Gasteiger partial charge in [-0.2, -0.15) is 0 Å². The molecule has 0 aliphatic heterocycles. The van der Waals surface area contributed by atoms with Gasteiger partial charge in [-0.05, 0) is 51.9 Å². The molecule has 0 saturated carbocycles. The van der Waals surface area contributed by atoms with Crippen LogP contribution in [0.1, 0.15) is 29.0 Å². The van der Waals surface area contributed by atoms with Gasteiger partial charge < -0.3 is 0 Å². The molecule has 5 rings (SSSR count). The molecule has 3 heteroatoms. The molecular weight excluding hydrogens is 438 g/mol. The first-order valence-corrected chi connectivity index (χ1v) is 12.1. The molecule has 4 aromatic carbocycles. The predicted molar refractivity (Wildman–Crippen MR) is 152 cm³/mol. The lowest BCUT2D eigenvalue weighted by Gasteiger charge is -2.16. The number of hydrogen-bond acceptors (Lipinski definition) is 1. The molecule has 36 heavy (non-hydrogen) atoms. The van der Waals surface area contributed by atoms with Crippen molar-refractivity contribution in [3.8, 4) is 22.3 Å². The average Bonchev–Trinajstić information content (AvgIpc) is 2.96. The van der Waals surface area contributed by atoms with Crippen LogP contribution in [0, 0.1) is 5.41 Å². The molecular formula is C33H27N3. The zero-order valence-electron chi connectivity index (χ0n) is 20.0. The fourth-order valence-electron chi connectivity index (χ4n) is 4.41. The van der Waals surface area contributed by atoms with Gasteiger partial charge in [-0.3, -0.25) is 5.41 Å². The molecule has 0 fully saturated rings. The summed E-state index contributed by atoms with van der Waals surface area (Å²) in [6, 6.07) is 35.5. The van der Waals surface area contributed by atoms with E-state index in [2.05, 4.69) is 96.0 Å². The van der Waals surface area contributed by atoms with Crippen molar-refractivity contribution in [3.05, 3.63) is 144 Å². The Morgan fingerprint density at radius 3 is 2.03 bits per heavy atom. The normalized spacial score (nSPS) is 15.3. The molecule has 1 aliphatic carbocycles. The number of amidine groups is 1. The third-order valence-electron chi connectivity index (χ3n) is 6.27. The van der Waals surface area contributed by atoms with Gasteiger partial charge in [0.05, 0.1) is 0 Å². The van der Waals surface area contributed by atoms with E-state index in [0.29, 0.717) is 11.8 Å². The van der Waals surface area contributed by atoms with E-state index in [1.54, 1.807) is 0 Å². The molecule has 0 heterocycles. The highest BCUT2D eigenvalue weighted by molar-refractivity contribution is 6.08. The molecule has 174 valence electrons. The van der Waals surface area contributed by atoms with Crippen molar-refractivity contribution in [3.63, 3.8) is 0 Å². The van der Waals surface area contributed by atoms with Crippen molar-refractivity contribution in [1.82, 2.24) is 0 Å². The van der Waals surface area contributed by atoms with Crippen LogP contribution in [0.25, 0.3) is 22.3 Å². The van der Waals surface area contributed by atoms with Gasteiger partial charge in [0.2, 0.25) is 0 Å². The Bertz CT molecular complexity index is 1440. The first-order chi connectivity index (χ1) is 17.8. The summed E-state index contributed by atoms with van der Waals surface area (Å²) in [5.74, 6) is 0.850. The summed E-state index contributed by atoms with van der Waals surface area (Å²) in [4.78, 5) is 8.96. The number of nitrogens with zero attached hydrogens (tertiary/aromatic N) is 2. The van der Waals surface area contributed by atoms with E-state index in [4.69, 9.17) is 10.4 Å². The van der Waals surface area contributed by atoms with Gasteiger partial charge in [-0.25, -0.2) is 9.98 Å². The van der Waals surface area contributed by atoms with Crippen molar-refractivity contribution in [2.75, 3.05) is 0 Å². The Labute approximate surface area is 212 Å². The molecule has 1 aliphatic rings. The smallest absolute Gasteiger partial charge is 0.160 e. The summed E-state index contributed by atoms with van der Waals surface area (Å²) < 4.78 is 0. The third kappa shape index (κ3) is 5.53. The summed E-state index contributed by atoms with van der Waals surface area (Å²) in [5, 5.41) is 7.56. The number of aliphatic imine (C=N–C) groups is 2. The van der Waals surface area contributed by atoms with E-state index in [9.17, 15) is 0 Å². The fraction of sp³-hybridized carbons (Fsp3) is 0.0606. The Hall–Kier alpha value is -4.63. The quantitative estimate of drug-likeness (QED) is 0.221. The molecule has 0 saturated heterocycles. The maximum absolute atomic E-state index is 7.56. The third-order valence-corrected chi connectivity index (χ3v) is 6.27.